The van der Waals surface area contributed by atoms with E-state index in [9.17, 15) is 9.59 Å². The minimum Gasteiger partial charge on any atom is -0.478 e. The first-order valence-electron chi connectivity index (χ1n) is 5.46. The Balaban J connectivity index is 2.76. The van der Waals surface area contributed by atoms with Crippen LogP contribution >= 0.6 is 11.3 Å². The Hall–Kier alpha value is -1.82. The molecule has 0 aliphatic rings. The summed E-state index contributed by atoms with van der Waals surface area (Å²) in [6.07, 6.45) is 0. The van der Waals surface area contributed by atoms with Crippen molar-refractivity contribution in [2.75, 3.05) is 18.4 Å². The Morgan fingerprint density at radius 2 is 2.22 bits per heavy atom. The maximum Gasteiger partial charge on any atom is 0.338 e. The van der Waals surface area contributed by atoms with E-state index in [1.807, 2.05) is 13.8 Å². The molecule has 0 saturated heterocycles. The summed E-state index contributed by atoms with van der Waals surface area (Å²) in [6.45, 7) is 8.44. The summed E-state index contributed by atoms with van der Waals surface area (Å²) in [4.78, 5) is 24.4. The number of hydrogen-bond acceptors (Lipinski definition) is 3. The first-order valence-corrected chi connectivity index (χ1v) is 6.34. The quantitative estimate of drug-likeness (QED) is 0.807. The van der Waals surface area contributed by atoms with E-state index in [4.69, 9.17) is 5.11 Å². The molecular weight excluding hydrogens is 252 g/mol. The van der Waals surface area contributed by atoms with Crippen LogP contribution in [0.3, 0.4) is 0 Å². The lowest BCUT2D eigenvalue weighted by atomic mass is 10.3. The maximum absolute atomic E-state index is 11.9. The fourth-order valence-electron chi connectivity index (χ4n) is 1.40. The number of anilines is 1. The van der Waals surface area contributed by atoms with Gasteiger partial charge in [-0.3, -0.25) is 5.32 Å². The first kappa shape index (κ1) is 14.2. The van der Waals surface area contributed by atoms with Crippen LogP contribution in [0, 0.1) is 0 Å². The van der Waals surface area contributed by atoms with Crippen LogP contribution in [-0.4, -0.2) is 35.1 Å². The van der Waals surface area contributed by atoms with Crippen molar-refractivity contribution in [3.05, 3.63) is 29.2 Å². The smallest absolute Gasteiger partial charge is 0.338 e. The number of nitrogens with one attached hydrogen (secondary N) is 1. The van der Waals surface area contributed by atoms with Crippen LogP contribution in [0.1, 0.15) is 24.2 Å². The van der Waals surface area contributed by atoms with Crippen molar-refractivity contribution < 1.29 is 14.7 Å². The number of likely N-dealkylation sites (N-methyl/N-ethyl adjacent to an activating group) is 1. The molecule has 0 unspecified atom stereocenters. The molecule has 0 aromatic carbocycles. The summed E-state index contributed by atoms with van der Waals surface area (Å²) >= 11 is 1.19. The van der Waals surface area contributed by atoms with E-state index >= 15 is 0 Å². The Kier molecular flexibility index (Phi) is 4.91. The van der Waals surface area contributed by atoms with Gasteiger partial charge in [0.25, 0.3) is 0 Å². The predicted octanol–water partition coefficient (Wildman–Crippen LogP) is 2.88. The third-order valence-corrected chi connectivity index (χ3v) is 3.08. The highest BCUT2D eigenvalue weighted by Gasteiger charge is 2.17. The molecule has 0 saturated carbocycles. The topological polar surface area (TPSA) is 69.6 Å². The highest BCUT2D eigenvalue weighted by molar-refractivity contribution is 7.14. The number of urea groups is 1. The summed E-state index contributed by atoms with van der Waals surface area (Å²) in [5.74, 6) is -1.05. The van der Waals surface area contributed by atoms with E-state index in [0.29, 0.717) is 18.1 Å². The zero-order valence-corrected chi connectivity index (χ0v) is 11.2. The summed E-state index contributed by atoms with van der Waals surface area (Å²) < 4.78 is 0. The SMILES string of the molecule is C=C(C)CN(CC)C(=O)Nc1sccc1C(=O)O. The predicted molar refractivity (Wildman–Crippen MR) is 72.4 cm³/mol. The number of nitrogens with zero attached hydrogens (tertiary/aromatic N) is 1. The van der Waals surface area contributed by atoms with Gasteiger partial charge in [-0.1, -0.05) is 12.2 Å². The number of hydrogen-bond donors (Lipinski definition) is 2. The lowest BCUT2D eigenvalue weighted by molar-refractivity contribution is 0.0698. The second-order valence-corrected chi connectivity index (χ2v) is 4.79. The molecule has 0 spiro atoms. The Morgan fingerprint density at radius 3 is 2.72 bits per heavy atom. The van der Waals surface area contributed by atoms with Crippen molar-refractivity contribution in [3.8, 4) is 0 Å². The van der Waals surface area contributed by atoms with E-state index in [0.717, 1.165) is 5.57 Å². The lowest BCUT2D eigenvalue weighted by Gasteiger charge is -2.21. The van der Waals surface area contributed by atoms with Crippen molar-refractivity contribution in [3.63, 3.8) is 0 Å². The minimum absolute atomic E-state index is 0.111. The maximum atomic E-state index is 11.9. The molecule has 1 heterocycles. The molecule has 0 aliphatic carbocycles. The van der Waals surface area contributed by atoms with Crippen LogP contribution in [0.5, 0.6) is 0 Å². The van der Waals surface area contributed by atoms with E-state index in [1.54, 1.807) is 10.3 Å². The standard InChI is InChI=1S/C12H16N2O3S/c1-4-14(7-8(2)3)12(17)13-10-9(11(15)16)5-6-18-10/h5-6H,2,4,7H2,1,3H3,(H,13,17)(H,15,16). The van der Waals surface area contributed by atoms with E-state index in [2.05, 4.69) is 11.9 Å². The largest absolute Gasteiger partial charge is 0.478 e. The molecule has 0 bridgehead atoms. The minimum atomic E-state index is -1.05. The average Bonchev–Trinajstić information content (AvgIpc) is 2.73. The van der Waals surface area contributed by atoms with Crippen LogP contribution in [0.15, 0.2) is 23.6 Å². The highest BCUT2D eigenvalue weighted by Crippen LogP contribution is 2.23. The Morgan fingerprint density at radius 1 is 1.56 bits per heavy atom. The average molecular weight is 268 g/mol. The molecule has 0 aliphatic heterocycles. The molecule has 0 atom stereocenters. The van der Waals surface area contributed by atoms with Gasteiger partial charge in [0, 0.05) is 13.1 Å². The van der Waals surface area contributed by atoms with E-state index < -0.39 is 5.97 Å². The van der Waals surface area contributed by atoms with Gasteiger partial charge in [0.15, 0.2) is 0 Å². The van der Waals surface area contributed by atoms with Gasteiger partial charge >= 0.3 is 12.0 Å². The van der Waals surface area contributed by atoms with E-state index in [-0.39, 0.29) is 11.6 Å². The van der Waals surface area contributed by atoms with Gasteiger partial charge in [-0.05, 0) is 25.3 Å². The molecule has 5 nitrogen and oxygen atoms in total. The molecule has 2 N–H and O–H groups in total. The second-order valence-electron chi connectivity index (χ2n) is 3.87. The van der Waals surface area contributed by atoms with Crippen LogP contribution in [0.25, 0.3) is 0 Å². The molecule has 18 heavy (non-hydrogen) atoms. The number of rotatable bonds is 5. The summed E-state index contributed by atoms with van der Waals surface area (Å²) in [7, 11) is 0. The number of carboxylic acids is 1. The number of amides is 2. The molecular formula is C12H16N2O3S. The van der Waals surface area contributed by atoms with Gasteiger partial charge in [0.05, 0.1) is 5.56 Å². The van der Waals surface area contributed by atoms with Crippen LogP contribution in [-0.2, 0) is 0 Å². The van der Waals surface area contributed by atoms with Gasteiger partial charge in [0.2, 0.25) is 0 Å². The first-order chi connectivity index (χ1) is 8.45. The molecule has 0 radical (unpaired) electrons. The normalized spacial score (nSPS) is 9.89. The molecule has 1 aromatic heterocycles. The Labute approximate surface area is 110 Å². The number of aromatic carboxylic acids is 1. The monoisotopic (exact) mass is 268 g/mol. The van der Waals surface area contributed by atoms with E-state index in [1.165, 1.54) is 17.4 Å². The molecule has 98 valence electrons. The lowest BCUT2D eigenvalue weighted by Crippen LogP contribution is -2.35. The van der Waals surface area contributed by atoms with Crippen LogP contribution < -0.4 is 5.32 Å². The van der Waals surface area contributed by atoms with Crippen LogP contribution in [0.4, 0.5) is 9.80 Å². The fourth-order valence-corrected chi connectivity index (χ4v) is 2.17. The van der Waals surface area contributed by atoms with Crippen molar-refractivity contribution in [2.45, 2.75) is 13.8 Å². The number of thiophene rings is 1. The second kappa shape index (κ2) is 6.20. The Bertz CT molecular complexity index is 468. The van der Waals surface area contributed by atoms with Crippen molar-refractivity contribution in [1.29, 1.82) is 0 Å². The van der Waals surface area contributed by atoms with Crippen molar-refractivity contribution in [2.24, 2.45) is 0 Å². The van der Waals surface area contributed by atoms with Crippen molar-refractivity contribution >= 4 is 28.3 Å². The fraction of sp³-hybridized carbons (Fsp3) is 0.333. The van der Waals surface area contributed by atoms with Gasteiger partial charge in [-0.25, -0.2) is 9.59 Å². The number of carbonyl (C=O) groups is 2. The zero-order chi connectivity index (χ0) is 13.7. The van der Waals surface area contributed by atoms with Crippen molar-refractivity contribution in [1.82, 2.24) is 4.90 Å². The third kappa shape index (κ3) is 3.59. The van der Waals surface area contributed by atoms with Gasteiger partial charge in [-0.15, -0.1) is 11.3 Å². The molecule has 6 heteroatoms. The summed E-state index contributed by atoms with van der Waals surface area (Å²) in [5.41, 5.74) is 0.983. The summed E-state index contributed by atoms with van der Waals surface area (Å²) in [6, 6.07) is 1.16. The number of carboxylic acid groups (broad SMARTS) is 1. The molecule has 0 fully saturated rings. The molecule has 1 aromatic rings. The van der Waals surface area contributed by atoms with Crippen LogP contribution in [0.2, 0.25) is 0 Å². The molecule has 1 rings (SSSR count). The van der Waals surface area contributed by atoms with Gasteiger partial charge in [0.1, 0.15) is 5.00 Å². The summed E-state index contributed by atoms with van der Waals surface area (Å²) in [5, 5.41) is 13.5. The number of carbonyl (C=O) groups excluding carboxylic acids is 1. The van der Waals surface area contributed by atoms with Gasteiger partial charge in [-0.2, -0.15) is 0 Å². The molecule has 2 amide bonds. The highest BCUT2D eigenvalue weighted by atomic mass is 32.1. The third-order valence-electron chi connectivity index (χ3n) is 2.25. The zero-order valence-electron chi connectivity index (χ0n) is 10.4. The van der Waals surface area contributed by atoms with Gasteiger partial charge < -0.3 is 10.0 Å².